The zero-order valence-electron chi connectivity index (χ0n) is 14.0. The number of aliphatic carboxylic acids is 1. The first-order chi connectivity index (χ1) is 9.52. The number of carboxylic acids is 1. The highest BCUT2D eigenvalue weighted by molar-refractivity contribution is 5.69. The molecule has 0 aromatic heterocycles. The van der Waals surface area contributed by atoms with Crippen molar-refractivity contribution in [2.75, 3.05) is 6.54 Å². The van der Waals surface area contributed by atoms with Gasteiger partial charge in [-0.05, 0) is 38.6 Å². The maximum atomic E-state index is 10.9. The lowest BCUT2D eigenvalue weighted by Gasteiger charge is -2.24. The van der Waals surface area contributed by atoms with Crippen molar-refractivity contribution in [1.82, 2.24) is 5.32 Å². The summed E-state index contributed by atoms with van der Waals surface area (Å²) in [6, 6.07) is 0.493. The molecule has 0 rings (SSSR count). The molecule has 0 spiro atoms. The zero-order chi connectivity index (χ0) is 15.4. The Balaban J connectivity index is 3.79. The lowest BCUT2D eigenvalue weighted by molar-refractivity contribution is -0.141. The highest BCUT2D eigenvalue weighted by atomic mass is 16.4. The molecule has 0 aliphatic heterocycles. The van der Waals surface area contributed by atoms with E-state index in [1.54, 1.807) is 6.92 Å². The van der Waals surface area contributed by atoms with Crippen molar-refractivity contribution in [2.45, 2.75) is 85.1 Å². The van der Waals surface area contributed by atoms with E-state index < -0.39 is 5.97 Å². The van der Waals surface area contributed by atoms with Crippen LogP contribution in [0, 0.1) is 11.8 Å². The van der Waals surface area contributed by atoms with Crippen LogP contribution in [0.4, 0.5) is 0 Å². The number of hydrogen-bond donors (Lipinski definition) is 2. The Bertz CT molecular complexity index is 243. The molecule has 0 bridgehead atoms. The van der Waals surface area contributed by atoms with E-state index in [0.29, 0.717) is 12.0 Å². The molecule has 0 heterocycles. The van der Waals surface area contributed by atoms with E-state index in [4.69, 9.17) is 5.11 Å². The highest BCUT2D eigenvalue weighted by Crippen LogP contribution is 2.19. The fourth-order valence-electron chi connectivity index (χ4n) is 2.62. The smallest absolute Gasteiger partial charge is 0.306 e. The quantitative estimate of drug-likeness (QED) is 0.491. The van der Waals surface area contributed by atoms with Gasteiger partial charge in [-0.25, -0.2) is 0 Å². The van der Waals surface area contributed by atoms with E-state index in [1.807, 2.05) is 0 Å². The monoisotopic (exact) mass is 285 g/mol. The summed E-state index contributed by atoms with van der Waals surface area (Å²) < 4.78 is 0. The summed E-state index contributed by atoms with van der Waals surface area (Å²) in [5.41, 5.74) is 0. The second-order valence-electron chi connectivity index (χ2n) is 6.14. The maximum Gasteiger partial charge on any atom is 0.306 e. The molecule has 3 heteroatoms. The van der Waals surface area contributed by atoms with E-state index in [1.165, 1.54) is 32.1 Å². The van der Waals surface area contributed by atoms with Crippen LogP contribution >= 0.6 is 0 Å². The molecule has 3 unspecified atom stereocenters. The van der Waals surface area contributed by atoms with Crippen molar-refractivity contribution in [1.29, 1.82) is 0 Å². The number of rotatable bonds is 13. The predicted molar refractivity (Wildman–Crippen MR) is 86.0 cm³/mol. The van der Waals surface area contributed by atoms with Crippen molar-refractivity contribution < 1.29 is 9.90 Å². The van der Waals surface area contributed by atoms with Gasteiger partial charge in [0, 0.05) is 6.04 Å². The van der Waals surface area contributed by atoms with Gasteiger partial charge in [-0.3, -0.25) is 4.79 Å². The molecule has 0 aliphatic rings. The first kappa shape index (κ1) is 19.4. The second-order valence-corrected chi connectivity index (χ2v) is 6.14. The largest absolute Gasteiger partial charge is 0.481 e. The molecule has 0 aromatic carbocycles. The molecule has 20 heavy (non-hydrogen) atoms. The molecule has 3 nitrogen and oxygen atoms in total. The Kier molecular flexibility index (Phi) is 11.8. The fourth-order valence-corrected chi connectivity index (χ4v) is 2.62. The summed E-state index contributed by atoms with van der Waals surface area (Å²) in [5, 5.41) is 12.6. The van der Waals surface area contributed by atoms with E-state index in [9.17, 15) is 4.79 Å². The molecule has 0 fully saturated rings. The van der Waals surface area contributed by atoms with Crippen molar-refractivity contribution in [3.05, 3.63) is 0 Å². The van der Waals surface area contributed by atoms with Crippen molar-refractivity contribution in [3.8, 4) is 0 Å². The van der Waals surface area contributed by atoms with E-state index >= 15 is 0 Å². The second kappa shape index (κ2) is 12.2. The van der Waals surface area contributed by atoms with Gasteiger partial charge in [0.1, 0.15) is 0 Å². The number of nitrogens with one attached hydrogen (secondary N) is 1. The third-order valence-corrected chi connectivity index (χ3v) is 4.37. The van der Waals surface area contributed by atoms with Crippen LogP contribution in [0.3, 0.4) is 0 Å². The molecule has 0 radical (unpaired) electrons. The summed E-state index contributed by atoms with van der Waals surface area (Å²) in [6.07, 6.45) is 9.48. The van der Waals surface area contributed by atoms with Crippen molar-refractivity contribution in [2.24, 2.45) is 11.8 Å². The predicted octanol–water partition coefficient (Wildman–Crippen LogP) is 4.46. The minimum absolute atomic E-state index is 0.217. The Morgan fingerprint density at radius 3 is 2.25 bits per heavy atom. The molecule has 2 N–H and O–H groups in total. The zero-order valence-corrected chi connectivity index (χ0v) is 14.0. The molecular weight excluding hydrogens is 250 g/mol. The Hall–Kier alpha value is -0.570. The Morgan fingerprint density at radius 1 is 1.05 bits per heavy atom. The minimum atomic E-state index is -0.670. The summed E-state index contributed by atoms with van der Waals surface area (Å²) in [4.78, 5) is 10.9. The van der Waals surface area contributed by atoms with Gasteiger partial charge in [0.25, 0.3) is 0 Å². The lowest BCUT2D eigenvalue weighted by atomic mass is 9.89. The minimum Gasteiger partial charge on any atom is -0.481 e. The number of carboxylic acid groups (broad SMARTS) is 1. The first-order valence-corrected chi connectivity index (χ1v) is 8.49. The molecule has 0 saturated carbocycles. The van der Waals surface area contributed by atoms with Crippen molar-refractivity contribution in [3.63, 3.8) is 0 Å². The standard InChI is InChI=1S/C17H35NO2/c1-5-7-8-9-10-13-18-15(4)16(6-2)12-11-14(3)17(19)20/h14-16,18H,5-13H2,1-4H3,(H,19,20). The summed E-state index contributed by atoms with van der Waals surface area (Å²) in [5.74, 6) is -0.297. The third kappa shape index (κ3) is 9.35. The van der Waals surface area contributed by atoms with Gasteiger partial charge in [0.15, 0.2) is 0 Å². The lowest BCUT2D eigenvalue weighted by Crippen LogP contribution is -2.34. The van der Waals surface area contributed by atoms with Gasteiger partial charge in [0.05, 0.1) is 5.92 Å². The van der Waals surface area contributed by atoms with Crippen LogP contribution in [-0.4, -0.2) is 23.7 Å². The van der Waals surface area contributed by atoms with E-state index in [2.05, 4.69) is 26.1 Å². The van der Waals surface area contributed by atoms with Crippen LogP contribution in [0.15, 0.2) is 0 Å². The topological polar surface area (TPSA) is 49.3 Å². The van der Waals surface area contributed by atoms with E-state index in [-0.39, 0.29) is 5.92 Å². The first-order valence-electron chi connectivity index (χ1n) is 8.49. The number of carbonyl (C=O) groups is 1. The van der Waals surface area contributed by atoms with E-state index in [0.717, 1.165) is 25.8 Å². The van der Waals surface area contributed by atoms with Gasteiger partial charge in [-0.2, -0.15) is 0 Å². The molecular formula is C17H35NO2. The number of hydrogen-bond acceptors (Lipinski definition) is 2. The van der Waals surface area contributed by atoms with Crippen LogP contribution in [0.1, 0.15) is 79.1 Å². The Morgan fingerprint density at radius 2 is 1.70 bits per heavy atom. The molecule has 120 valence electrons. The van der Waals surface area contributed by atoms with Crippen LogP contribution in [0.5, 0.6) is 0 Å². The number of unbranched alkanes of at least 4 members (excludes halogenated alkanes) is 4. The van der Waals surface area contributed by atoms with Gasteiger partial charge < -0.3 is 10.4 Å². The molecule has 0 aromatic rings. The van der Waals surface area contributed by atoms with Crippen LogP contribution in [-0.2, 0) is 4.79 Å². The summed E-state index contributed by atoms with van der Waals surface area (Å²) >= 11 is 0. The average Bonchev–Trinajstić information content (AvgIpc) is 2.42. The van der Waals surface area contributed by atoms with Gasteiger partial charge in [-0.15, -0.1) is 0 Å². The van der Waals surface area contributed by atoms with Crippen LogP contribution < -0.4 is 5.32 Å². The van der Waals surface area contributed by atoms with Crippen LogP contribution in [0.25, 0.3) is 0 Å². The van der Waals surface area contributed by atoms with Gasteiger partial charge in [0.2, 0.25) is 0 Å². The summed E-state index contributed by atoms with van der Waals surface area (Å²) in [7, 11) is 0. The third-order valence-electron chi connectivity index (χ3n) is 4.37. The van der Waals surface area contributed by atoms with Gasteiger partial charge in [-0.1, -0.05) is 52.9 Å². The van der Waals surface area contributed by atoms with Gasteiger partial charge >= 0.3 is 5.97 Å². The summed E-state index contributed by atoms with van der Waals surface area (Å²) in [6.45, 7) is 9.59. The Labute approximate surface area is 125 Å². The maximum absolute atomic E-state index is 10.9. The fraction of sp³-hybridized carbons (Fsp3) is 0.941. The normalized spacial score (nSPS) is 15.8. The molecule has 3 atom stereocenters. The molecule has 0 saturated heterocycles. The SMILES string of the molecule is CCCCCCCNC(C)C(CC)CCC(C)C(=O)O. The highest BCUT2D eigenvalue weighted by Gasteiger charge is 2.18. The average molecular weight is 285 g/mol. The molecule has 0 aliphatic carbocycles. The molecule has 0 amide bonds. The van der Waals surface area contributed by atoms with Crippen molar-refractivity contribution >= 4 is 5.97 Å². The van der Waals surface area contributed by atoms with Crippen LogP contribution in [0.2, 0.25) is 0 Å².